The zero-order valence-electron chi connectivity index (χ0n) is 13.4. The second-order valence-electron chi connectivity index (χ2n) is 5.96. The molecule has 0 aromatic heterocycles. The van der Waals surface area contributed by atoms with E-state index < -0.39 is 0 Å². The monoisotopic (exact) mass is 310 g/mol. The average molecular weight is 311 g/mol. The van der Waals surface area contributed by atoms with Gasteiger partial charge in [-0.25, -0.2) is 0 Å². The Morgan fingerprint density at radius 3 is 3.00 bits per heavy atom. The SMILES string of the molecule is CCC(C)C1CN(Cc2c(Cl)cccc2OC)CCCN1. The molecule has 0 bridgehead atoms. The highest BCUT2D eigenvalue weighted by Gasteiger charge is 2.23. The summed E-state index contributed by atoms with van der Waals surface area (Å²) in [7, 11) is 1.71. The minimum absolute atomic E-state index is 0.561. The van der Waals surface area contributed by atoms with E-state index in [2.05, 4.69) is 24.1 Å². The van der Waals surface area contributed by atoms with Crippen molar-refractivity contribution in [3.63, 3.8) is 0 Å². The molecule has 1 aliphatic heterocycles. The van der Waals surface area contributed by atoms with Gasteiger partial charge in [0.1, 0.15) is 5.75 Å². The maximum Gasteiger partial charge on any atom is 0.124 e. The second-order valence-corrected chi connectivity index (χ2v) is 6.36. The molecule has 118 valence electrons. The molecule has 0 saturated carbocycles. The van der Waals surface area contributed by atoms with Crippen molar-refractivity contribution in [2.24, 2.45) is 5.92 Å². The minimum Gasteiger partial charge on any atom is -0.496 e. The highest BCUT2D eigenvalue weighted by Crippen LogP contribution is 2.28. The predicted molar refractivity (Wildman–Crippen MR) is 89.1 cm³/mol. The standard InChI is InChI=1S/C17H27ClN2O/c1-4-13(2)16-12-20(10-6-9-19-16)11-14-15(18)7-5-8-17(14)21-3/h5,7-8,13,16,19H,4,6,9-12H2,1-3H3. The Morgan fingerprint density at radius 1 is 1.48 bits per heavy atom. The lowest BCUT2D eigenvalue weighted by molar-refractivity contribution is 0.229. The van der Waals surface area contributed by atoms with E-state index in [1.54, 1.807) is 7.11 Å². The predicted octanol–water partition coefficient (Wildman–Crippen LogP) is 3.56. The van der Waals surface area contributed by atoms with Gasteiger partial charge in [0.25, 0.3) is 0 Å². The van der Waals surface area contributed by atoms with E-state index in [4.69, 9.17) is 16.3 Å². The number of ether oxygens (including phenoxy) is 1. The molecule has 0 amide bonds. The van der Waals surface area contributed by atoms with Crippen molar-refractivity contribution in [2.75, 3.05) is 26.7 Å². The fourth-order valence-corrected chi connectivity index (χ4v) is 3.17. The molecule has 0 aliphatic carbocycles. The van der Waals surface area contributed by atoms with Crippen molar-refractivity contribution in [2.45, 2.75) is 39.3 Å². The summed E-state index contributed by atoms with van der Waals surface area (Å²) in [4.78, 5) is 2.50. The molecule has 1 saturated heterocycles. The van der Waals surface area contributed by atoms with E-state index in [-0.39, 0.29) is 0 Å². The summed E-state index contributed by atoms with van der Waals surface area (Å²) in [6.45, 7) is 8.73. The third kappa shape index (κ3) is 4.35. The van der Waals surface area contributed by atoms with E-state index in [0.29, 0.717) is 12.0 Å². The van der Waals surface area contributed by atoms with E-state index >= 15 is 0 Å². The maximum atomic E-state index is 6.37. The molecule has 1 N–H and O–H groups in total. The zero-order valence-corrected chi connectivity index (χ0v) is 14.1. The number of methoxy groups -OCH3 is 1. The number of nitrogens with zero attached hydrogens (tertiary/aromatic N) is 1. The van der Waals surface area contributed by atoms with Gasteiger partial charge in [-0.15, -0.1) is 0 Å². The molecule has 3 nitrogen and oxygen atoms in total. The Labute approximate surface area is 133 Å². The molecule has 1 aliphatic rings. The molecule has 1 aromatic rings. The lowest BCUT2D eigenvalue weighted by atomic mass is 9.99. The van der Waals surface area contributed by atoms with Gasteiger partial charge in [0.15, 0.2) is 0 Å². The van der Waals surface area contributed by atoms with Gasteiger partial charge in [-0.2, -0.15) is 0 Å². The second kappa shape index (κ2) is 8.02. The molecule has 1 heterocycles. The third-order valence-corrected chi connectivity index (χ3v) is 4.87. The van der Waals surface area contributed by atoms with Gasteiger partial charge in [0.05, 0.1) is 7.11 Å². The van der Waals surface area contributed by atoms with Crippen LogP contribution in [0.15, 0.2) is 18.2 Å². The number of halogens is 1. The van der Waals surface area contributed by atoms with Gasteiger partial charge in [-0.1, -0.05) is 37.9 Å². The largest absolute Gasteiger partial charge is 0.496 e. The van der Waals surface area contributed by atoms with Crippen LogP contribution >= 0.6 is 11.6 Å². The average Bonchev–Trinajstić information content (AvgIpc) is 2.74. The van der Waals surface area contributed by atoms with Crippen molar-refractivity contribution < 1.29 is 4.74 Å². The number of nitrogens with one attached hydrogen (secondary N) is 1. The van der Waals surface area contributed by atoms with Gasteiger partial charge in [0, 0.05) is 29.7 Å². The summed E-state index contributed by atoms with van der Waals surface area (Å²) in [5.41, 5.74) is 1.10. The molecule has 2 atom stereocenters. The molecular weight excluding hydrogens is 284 g/mol. The van der Waals surface area contributed by atoms with Gasteiger partial charge < -0.3 is 10.1 Å². The Kier molecular flexibility index (Phi) is 6.34. The van der Waals surface area contributed by atoms with Crippen LogP contribution in [0.25, 0.3) is 0 Å². The fraction of sp³-hybridized carbons (Fsp3) is 0.647. The Morgan fingerprint density at radius 2 is 2.29 bits per heavy atom. The number of hydrogen-bond acceptors (Lipinski definition) is 3. The molecule has 0 radical (unpaired) electrons. The molecular formula is C17H27ClN2O. The molecule has 2 unspecified atom stereocenters. The van der Waals surface area contributed by atoms with Crippen LogP contribution in [0, 0.1) is 5.92 Å². The van der Waals surface area contributed by atoms with Crippen molar-refractivity contribution >= 4 is 11.6 Å². The van der Waals surface area contributed by atoms with Gasteiger partial charge in [0.2, 0.25) is 0 Å². The summed E-state index contributed by atoms with van der Waals surface area (Å²) >= 11 is 6.37. The Balaban J connectivity index is 2.11. The number of benzene rings is 1. The van der Waals surface area contributed by atoms with Crippen molar-refractivity contribution in [3.8, 4) is 5.75 Å². The summed E-state index contributed by atoms with van der Waals surface area (Å²) in [6.07, 6.45) is 2.39. The molecule has 2 rings (SSSR count). The molecule has 1 aromatic carbocycles. The van der Waals surface area contributed by atoms with Crippen molar-refractivity contribution in [1.29, 1.82) is 0 Å². The van der Waals surface area contributed by atoms with E-state index in [9.17, 15) is 0 Å². The zero-order chi connectivity index (χ0) is 15.2. The van der Waals surface area contributed by atoms with Crippen LogP contribution in [-0.2, 0) is 6.54 Å². The highest BCUT2D eigenvalue weighted by molar-refractivity contribution is 6.31. The van der Waals surface area contributed by atoms with Crippen LogP contribution < -0.4 is 10.1 Å². The number of rotatable bonds is 5. The van der Waals surface area contributed by atoms with Crippen LogP contribution in [-0.4, -0.2) is 37.7 Å². The first-order chi connectivity index (χ1) is 10.2. The Hall–Kier alpha value is -0.770. The summed E-state index contributed by atoms with van der Waals surface area (Å²) in [5, 5.41) is 4.48. The minimum atomic E-state index is 0.561. The smallest absolute Gasteiger partial charge is 0.124 e. The molecule has 4 heteroatoms. The van der Waals surface area contributed by atoms with Crippen LogP contribution in [0.5, 0.6) is 5.75 Å². The van der Waals surface area contributed by atoms with Crippen LogP contribution in [0.3, 0.4) is 0 Å². The van der Waals surface area contributed by atoms with Crippen LogP contribution in [0.2, 0.25) is 5.02 Å². The molecule has 0 spiro atoms. The van der Waals surface area contributed by atoms with Crippen molar-refractivity contribution in [3.05, 3.63) is 28.8 Å². The van der Waals surface area contributed by atoms with Crippen LogP contribution in [0.1, 0.15) is 32.3 Å². The quantitative estimate of drug-likeness (QED) is 0.900. The summed E-state index contributed by atoms with van der Waals surface area (Å²) < 4.78 is 5.47. The molecule has 21 heavy (non-hydrogen) atoms. The van der Waals surface area contributed by atoms with Crippen molar-refractivity contribution in [1.82, 2.24) is 10.2 Å². The van der Waals surface area contributed by atoms with E-state index in [1.807, 2.05) is 18.2 Å². The van der Waals surface area contributed by atoms with E-state index in [1.165, 1.54) is 12.8 Å². The van der Waals surface area contributed by atoms with Gasteiger partial charge >= 0.3 is 0 Å². The lowest BCUT2D eigenvalue weighted by Gasteiger charge is -2.28. The van der Waals surface area contributed by atoms with Crippen LogP contribution in [0.4, 0.5) is 0 Å². The maximum absolute atomic E-state index is 6.37. The summed E-state index contributed by atoms with van der Waals surface area (Å²) in [6, 6.07) is 6.44. The first-order valence-electron chi connectivity index (χ1n) is 7.92. The first kappa shape index (κ1) is 16.6. The third-order valence-electron chi connectivity index (χ3n) is 4.52. The van der Waals surface area contributed by atoms with Gasteiger partial charge in [-0.3, -0.25) is 4.90 Å². The fourth-order valence-electron chi connectivity index (χ4n) is 2.94. The lowest BCUT2D eigenvalue weighted by Crippen LogP contribution is -2.41. The Bertz CT molecular complexity index is 452. The first-order valence-corrected chi connectivity index (χ1v) is 8.30. The summed E-state index contributed by atoms with van der Waals surface area (Å²) in [5.74, 6) is 1.58. The molecule has 1 fully saturated rings. The highest BCUT2D eigenvalue weighted by atomic mass is 35.5. The normalized spacial score (nSPS) is 21.8. The van der Waals surface area contributed by atoms with Gasteiger partial charge in [-0.05, 0) is 37.6 Å². The number of hydrogen-bond donors (Lipinski definition) is 1. The van der Waals surface area contributed by atoms with E-state index in [0.717, 1.165) is 42.5 Å². The topological polar surface area (TPSA) is 24.5 Å².